The summed E-state index contributed by atoms with van der Waals surface area (Å²) in [5.41, 5.74) is 0. The molecule has 2 aromatic rings. The van der Waals surface area contributed by atoms with Crippen LogP contribution in [0, 0.1) is 11.3 Å². The van der Waals surface area contributed by atoms with Crippen molar-refractivity contribution in [2.45, 2.75) is 31.4 Å². The van der Waals surface area contributed by atoms with Gasteiger partial charge in [0, 0.05) is 25.7 Å². The smallest absolute Gasteiger partial charge is 0.237 e. The molecule has 2 atom stereocenters. The molecule has 2 aliphatic heterocycles. The summed E-state index contributed by atoms with van der Waals surface area (Å²) in [5, 5.41) is 9.18. The van der Waals surface area contributed by atoms with Crippen LogP contribution in [0.4, 0.5) is 0 Å². The number of nitrogens with zero attached hydrogens (tertiary/aromatic N) is 3. The van der Waals surface area contributed by atoms with Gasteiger partial charge in [0.25, 0.3) is 0 Å². The van der Waals surface area contributed by atoms with Crippen molar-refractivity contribution in [3.05, 3.63) is 54.6 Å². The van der Waals surface area contributed by atoms with E-state index in [2.05, 4.69) is 11.0 Å². The third kappa shape index (κ3) is 4.87. The maximum absolute atomic E-state index is 12.5. The minimum atomic E-state index is -0.260. The van der Waals surface area contributed by atoms with Crippen molar-refractivity contribution in [1.82, 2.24) is 9.80 Å². The highest BCUT2D eigenvalue weighted by Gasteiger charge is 2.32. The third-order valence-corrected chi connectivity index (χ3v) is 5.40. The summed E-state index contributed by atoms with van der Waals surface area (Å²) in [6, 6.07) is 19.3. The Morgan fingerprint density at radius 2 is 1.83 bits per heavy atom. The average molecular weight is 391 g/mol. The van der Waals surface area contributed by atoms with Crippen LogP contribution >= 0.6 is 0 Å². The van der Waals surface area contributed by atoms with E-state index in [-0.39, 0.29) is 18.1 Å². The summed E-state index contributed by atoms with van der Waals surface area (Å²) >= 11 is 0. The molecule has 1 amide bonds. The predicted octanol–water partition coefficient (Wildman–Crippen LogP) is 3.45. The van der Waals surface area contributed by atoms with Crippen LogP contribution in [0.15, 0.2) is 54.6 Å². The second-order valence-electron chi connectivity index (χ2n) is 7.53. The Morgan fingerprint density at radius 3 is 2.66 bits per heavy atom. The Labute approximate surface area is 171 Å². The van der Waals surface area contributed by atoms with Gasteiger partial charge in [-0.2, -0.15) is 5.26 Å². The van der Waals surface area contributed by atoms with E-state index in [1.54, 1.807) is 4.90 Å². The molecule has 2 heterocycles. The number of amides is 1. The normalized spacial score (nSPS) is 21.7. The molecule has 0 saturated carbocycles. The topological polar surface area (TPSA) is 65.8 Å². The van der Waals surface area contributed by atoms with Crippen molar-refractivity contribution in [2.24, 2.45) is 0 Å². The molecule has 29 heavy (non-hydrogen) atoms. The molecule has 150 valence electrons. The van der Waals surface area contributed by atoms with Gasteiger partial charge in [-0.25, -0.2) is 0 Å². The quantitative estimate of drug-likeness (QED) is 0.755. The summed E-state index contributed by atoms with van der Waals surface area (Å²) in [6.07, 6.45) is 2.62. The molecule has 2 aromatic carbocycles. The van der Waals surface area contributed by atoms with Crippen LogP contribution in [0.3, 0.4) is 0 Å². The highest BCUT2D eigenvalue weighted by molar-refractivity contribution is 5.79. The first-order valence-electron chi connectivity index (χ1n) is 10.1. The fraction of sp³-hybridized carbons (Fsp3) is 0.391. The summed E-state index contributed by atoms with van der Waals surface area (Å²) in [5.74, 6) is 2.33. The molecular formula is C23H25N3O3. The fourth-order valence-corrected chi connectivity index (χ4v) is 3.95. The zero-order valence-electron chi connectivity index (χ0n) is 16.4. The van der Waals surface area contributed by atoms with Gasteiger partial charge in [0.05, 0.1) is 12.6 Å². The zero-order chi connectivity index (χ0) is 20.1. The zero-order valence-corrected chi connectivity index (χ0v) is 16.4. The van der Waals surface area contributed by atoms with Crippen LogP contribution < -0.4 is 9.47 Å². The number of rotatable bonds is 6. The molecule has 4 rings (SSSR count). The van der Waals surface area contributed by atoms with Gasteiger partial charge in [-0.3, -0.25) is 9.69 Å². The molecule has 6 heteroatoms. The Morgan fingerprint density at radius 1 is 1.03 bits per heavy atom. The monoisotopic (exact) mass is 391 g/mol. The SMILES string of the molecule is N#CC1CCCN1C(=O)CN1CC[C@H](Oc2cccc(Oc3ccccc3)c2)C1. The van der Waals surface area contributed by atoms with Crippen LogP contribution in [0.1, 0.15) is 19.3 Å². The van der Waals surface area contributed by atoms with Gasteiger partial charge in [-0.05, 0) is 43.5 Å². The van der Waals surface area contributed by atoms with Crippen LogP contribution in [0.2, 0.25) is 0 Å². The first kappa shape index (κ1) is 19.3. The van der Waals surface area contributed by atoms with E-state index in [9.17, 15) is 10.1 Å². The lowest BCUT2D eigenvalue weighted by Gasteiger charge is -2.23. The Hall–Kier alpha value is -3.04. The first-order chi connectivity index (χ1) is 14.2. The van der Waals surface area contributed by atoms with Gasteiger partial charge in [0.15, 0.2) is 0 Å². The number of para-hydroxylation sites is 1. The van der Waals surface area contributed by atoms with Crippen LogP contribution in [-0.2, 0) is 4.79 Å². The van der Waals surface area contributed by atoms with Gasteiger partial charge >= 0.3 is 0 Å². The molecule has 6 nitrogen and oxygen atoms in total. The molecule has 1 unspecified atom stereocenters. The van der Waals surface area contributed by atoms with Gasteiger partial charge in [-0.1, -0.05) is 24.3 Å². The lowest BCUT2D eigenvalue weighted by atomic mass is 10.2. The number of ether oxygens (including phenoxy) is 2. The third-order valence-electron chi connectivity index (χ3n) is 5.40. The standard InChI is InChI=1S/C23H25N3O3/c24-15-18-6-5-12-26(18)23(27)17-25-13-11-22(16-25)29-21-10-4-9-20(14-21)28-19-7-2-1-3-8-19/h1-4,7-10,14,18,22H,5-6,11-13,16-17H2/t18?,22-/m0/s1. The van der Waals surface area contributed by atoms with Gasteiger partial charge in [0.1, 0.15) is 29.4 Å². The number of carbonyl (C=O) groups excluding carboxylic acids is 1. The maximum Gasteiger partial charge on any atom is 0.237 e. The minimum Gasteiger partial charge on any atom is -0.489 e. The first-order valence-corrected chi connectivity index (χ1v) is 10.1. The van der Waals surface area contributed by atoms with Gasteiger partial charge in [0.2, 0.25) is 5.91 Å². The summed E-state index contributed by atoms with van der Waals surface area (Å²) in [6.45, 7) is 2.58. The van der Waals surface area contributed by atoms with Crippen molar-refractivity contribution >= 4 is 5.91 Å². The highest BCUT2D eigenvalue weighted by Crippen LogP contribution is 2.27. The largest absolute Gasteiger partial charge is 0.489 e. The Bertz CT molecular complexity index is 880. The lowest BCUT2D eigenvalue weighted by Crippen LogP contribution is -2.42. The highest BCUT2D eigenvalue weighted by atomic mass is 16.5. The molecule has 0 N–H and O–H groups in total. The molecular weight excluding hydrogens is 366 g/mol. The van der Waals surface area contributed by atoms with Crippen molar-refractivity contribution < 1.29 is 14.3 Å². The van der Waals surface area contributed by atoms with E-state index < -0.39 is 0 Å². The van der Waals surface area contributed by atoms with Gasteiger partial charge < -0.3 is 14.4 Å². The second-order valence-corrected chi connectivity index (χ2v) is 7.53. The van der Waals surface area contributed by atoms with Crippen molar-refractivity contribution in [1.29, 1.82) is 5.26 Å². The molecule has 0 spiro atoms. The molecule has 0 bridgehead atoms. The number of nitriles is 1. The molecule has 0 aromatic heterocycles. The molecule has 2 fully saturated rings. The molecule has 2 aliphatic rings. The number of benzene rings is 2. The second kappa shape index (κ2) is 8.97. The van der Waals surface area contributed by atoms with E-state index in [0.29, 0.717) is 19.6 Å². The van der Waals surface area contributed by atoms with E-state index in [4.69, 9.17) is 9.47 Å². The van der Waals surface area contributed by atoms with E-state index >= 15 is 0 Å². The minimum absolute atomic E-state index is 0.0418. The van der Waals surface area contributed by atoms with E-state index in [1.807, 2.05) is 54.6 Å². The van der Waals surface area contributed by atoms with Gasteiger partial charge in [-0.15, -0.1) is 0 Å². The van der Waals surface area contributed by atoms with E-state index in [1.165, 1.54) is 0 Å². The van der Waals surface area contributed by atoms with Crippen molar-refractivity contribution in [2.75, 3.05) is 26.2 Å². The molecule has 2 saturated heterocycles. The molecule has 0 radical (unpaired) electrons. The average Bonchev–Trinajstić information content (AvgIpc) is 3.38. The number of carbonyl (C=O) groups is 1. The number of hydrogen-bond donors (Lipinski definition) is 0. The van der Waals surface area contributed by atoms with Crippen molar-refractivity contribution in [3.63, 3.8) is 0 Å². The lowest BCUT2D eigenvalue weighted by molar-refractivity contribution is -0.132. The molecule has 0 aliphatic carbocycles. The Kier molecular flexibility index (Phi) is 5.97. The van der Waals surface area contributed by atoms with Crippen LogP contribution in [-0.4, -0.2) is 54.0 Å². The summed E-state index contributed by atoms with van der Waals surface area (Å²) in [7, 11) is 0. The summed E-state index contributed by atoms with van der Waals surface area (Å²) < 4.78 is 12.0. The van der Waals surface area contributed by atoms with Crippen molar-refractivity contribution in [3.8, 4) is 23.3 Å². The summed E-state index contributed by atoms with van der Waals surface area (Å²) in [4.78, 5) is 16.4. The number of likely N-dealkylation sites (tertiary alicyclic amines) is 2. The predicted molar refractivity (Wildman–Crippen MR) is 109 cm³/mol. The van der Waals surface area contributed by atoms with E-state index in [0.717, 1.165) is 43.1 Å². The maximum atomic E-state index is 12.5. The Balaban J connectivity index is 1.29. The fourth-order valence-electron chi connectivity index (χ4n) is 3.95. The van der Waals surface area contributed by atoms with Crippen LogP contribution in [0.5, 0.6) is 17.2 Å². The van der Waals surface area contributed by atoms with Crippen LogP contribution in [0.25, 0.3) is 0 Å². The number of hydrogen-bond acceptors (Lipinski definition) is 5.